The van der Waals surface area contributed by atoms with E-state index in [0.29, 0.717) is 17.3 Å². The van der Waals surface area contributed by atoms with Crippen LogP contribution < -0.4 is 10.1 Å². The number of ether oxygens (including phenoxy) is 1. The molecule has 1 N–H and O–H groups in total. The maximum Gasteiger partial charge on any atom is 0.266 e. The minimum atomic E-state index is -0.448. The number of hydrogen-bond acceptors (Lipinski definition) is 3. The normalized spacial score (nSPS) is 11.2. The number of carbonyl (C=O) groups excluding carboxylic acids is 1. The van der Waals surface area contributed by atoms with E-state index in [-0.39, 0.29) is 5.57 Å². The molecule has 0 radical (unpaired) electrons. The molecule has 0 aromatic heterocycles. The van der Waals surface area contributed by atoms with E-state index in [1.165, 1.54) is 0 Å². The van der Waals surface area contributed by atoms with Crippen molar-refractivity contribution in [2.45, 2.75) is 20.5 Å². The van der Waals surface area contributed by atoms with Gasteiger partial charge in [-0.3, -0.25) is 4.79 Å². The number of aryl methyl sites for hydroxylation is 2. The molecule has 4 nitrogen and oxygen atoms in total. The first kappa shape index (κ1) is 23.1. The maximum atomic E-state index is 12.8. The third-order valence-electron chi connectivity index (χ3n) is 5.46. The van der Waals surface area contributed by atoms with Crippen LogP contribution in [-0.2, 0) is 11.4 Å². The Balaban J connectivity index is 1.50. The highest BCUT2D eigenvalue weighted by Gasteiger charge is 2.12. The van der Waals surface area contributed by atoms with Crippen molar-refractivity contribution >= 4 is 40.0 Å². The van der Waals surface area contributed by atoms with Crippen LogP contribution in [0.2, 0.25) is 5.02 Å². The standard InChI is InChI=1S/C29H23ClN2O2/c1-19-13-22(14-20(2)28(19)34-18-21-7-10-26(30)11-8-21)15-25(17-31)29(33)32-27-12-9-23-5-3-4-6-24(23)16-27/h3-16H,18H2,1-2H3,(H,32,33)/b25-15+. The largest absolute Gasteiger partial charge is 0.488 e. The molecular formula is C29H23ClN2O2. The fraction of sp³-hybridized carbons (Fsp3) is 0.103. The zero-order valence-corrected chi connectivity index (χ0v) is 19.7. The lowest BCUT2D eigenvalue weighted by atomic mass is 10.0. The summed E-state index contributed by atoms with van der Waals surface area (Å²) in [6.45, 7) is 4.32. The van der Waals surface area contributed by atoms with E-state index in [4.69, 9.17) is 16.3 Å². The van der Waals surface area contributed by atoms with Gasteiger partial charge in [-0.2, -0.15) is 5.26 Å². The summed E-state index contributed by atoms with van der Waals surface area (Å²) in [5, 5.41) is 15.2. The first-order chi connectivity index (χ1) is 16.4. The average molecular weight is 467 g/mol. The summed E-state index contributed by atoms with van der Waals surface area (Å²) < 4.78 is 6.03. The van der Waals surface area contributed by atoms with Gasteiger partial charge >= 0.3 is 0 Å². The summed E-state index contributed by atoms with van der Waals surface area (Å²) in [6.07, 6.45) is 1.60. The van der Waals surface area contributed by atoms with E-state index in [2.05, 4.69) is 5.32 Å². The van der Waals surface area contributed by atoms with Crippen LogP contribution in [0.5, 0.6) is 5.75 Å². The van der Waals surface area contributed by atoms with Crippen molar-refractivity contribution in [3.63, 3.8) is 0 Å². The summed E-state index contributed by atoms with van der Waals surface area (Å²) in [5.41, 5.74) is 4.30. The second kappa shape index (κ2) is 10.2. The highest BCUT2D eigenvalue weighted by molar-refractivity contribution is 6.30. The topological polar surface area (TPSA) is 62.1 Å². The van der Waals surface area contributed by atoms with Crippen molar-refractivity contribution in [2.24, 2.45) is 0 Å². The Hall–Kier alpha value is -4.07. The first-order valence-electron chi connectivity index (χ1n) is 10.8. The van der Waals surface area contributed by atoms with Gasteiger partial charge in [0.25, 0.3) is 5.91 Å². The van der Waals surface area contributed by atoms with E-state index in [9.17, 15) is 10.1 Å². The predicted octanol–water partition coefficient (Wildman–Crippen LogP) is 7.23. The molecule has 0 bridgehead atoms. The van der Waals surface area contributed by atoms with Gasteiger partial charge in [0.1, 0.15) is 24.0 Å². The van der Waals surface area contributed by atoms with Crippen LogP contribution >= 0.6 is 11.6 Å². The van der Waals surface area contributed by atoms with E-state index >= 15 is 0 Å². The Morgan fingerprint density at radius 1 is 0.971 bits per heavy atom. The fourth-order valence-electron chi connectivity index (χ4n) is 3.81. The van der Waals surface area contributed by atoms with E-state index in [1.54, 1.807) is 6.08 Å². The molecule has 4 rings (SSSR count). The van der Waals surface area contributed by atoms with E-state index in [1.807, 2.05) is 98.8 Å². The zero-order valence-electron chi connectivity index (χ0n) is 18.9. The van der Waals surface area contributed by atoms with Gasteiger partial charge < -0.3 is 10.1 Å². The Morgan fingerprint density at radius 2 is 1.65 bits per heavy atom. The van der Waals surface area contributed by atoms with Crippen molar-refractivity contribution in [2.75, 3.05) is 5.32 Å². The Kier molecular flexibility index (Phi) is 6.96. The maximum absolute atomic E-state index is 12.8. The van der Waals surface area contributed by atoms with Crippen LogP contribution in [-0.4, -0.2) is 5.91 Å². The van der Waals surface area contributed by atoms with Crippen molar-refractivity contribution in [3.8, 4) is 11.8 Å². The molecule has 0 atom stereocenters. The van der Waals surface area contributed by atoms with Crippen molar-refractivity contribution in [1.29, 1.82) is 5.26 Å². The summed E-state index contributed by atoms with van der Waals surface area (Å²) in [6, 6.07) is 26.9. The fourth-order valence-corrected chi connectivity index (χ4v) is 3.94. The quantitative estimate of drug-likeness (QED) is 0.241. The molecule has 0 unspecified atom stereocenters. The molecule has 0 saturated heterocycles. The summed E-state index contributed by atoms with van der Waals surface area (Å²) in [7, 11) is 0. The Bertz CT molecular complexity index is 1410. The number of nitrogens with one attached hydrogen (secondary N) is 1. The number of amides is 1. The molecule has 34 heavy (non-hydrogen) atoms. The van der Waals surface area contributed by atoms with Crippen LogP contribution in [0, 0.1) is 25.2 Å². The lowest BCUT2D eigenvalue weighted by Gasteiger charge is -2.13. The van der Waals surface area contributed by atoms with Gasteiger partial charge in [0.05, 0.1) is 0 Å². The molecular weight excluding hydrogens is 444 g/mol. The Labute approximate surface area is 204 Å². The lowest BCUT2D eigenvalue weighted by molar-refractivity contribution is -0.112. The number of benzene rings is 4. The van der Waals surface area contributed by atoms with Crippen LogP contribution in [0.15, 0.2) is 84.4 Å². The number of rotatable bonds is 6. The molecule has 1 amide bonds. The summed E-state index contributed by atoms with van der Waals surface area (Å²) in [5.74, 6) is 0.336. The second-order valence-corrected chi connectivity index (χ2v) is 8.52. The third kappa shape index (κ3) is 5.46. The molecule has 0 aliphatic carbocycles. The average Bonchev–Trinajstić information content (AvgIpc) is 2.83. The van der Waals surface area contributed by atoms with Gasteiger partial charge in [-0.15, -0.1) is 0 Å². The van der Waals surface area contributed by atoms with Gasteiger partial charge in [-0.05, 0) is 89.3 Å². The van der Waals surface area contributed by atoms with Gasteiger partial charge in [0, 0.05) is 10.7 Å². The SMILES string of the molecule is Cc1cc(/C=C(\C#N)C(=O)Nc2ccc3ccccc3c2)cc(C)c1OCc1ccc(Cl)cc1. The van der Waals surface area contributed by atoms with Gasteiger partial charge in [0.2, 0.25) is 0 Å². The number of hydrogen-bond donors (Lipinski definition) is 1. The van der Waals surface area contributed by atoms with Crippen LogP contribution in [0.3, 0.4) is 0 Å². The number of nitriles is 1. The van der Waals surface area contributed by atoms with Crippen LogP contribution in [0.1, 0.15) is 22.3 Å². The molecule has 0 saturated carbocycles. The molecule has 0 aliphatic rings. The molecule has 0 heterocycles. The molecule has 168 valence electrons. The summed E-state index contributed by atoms with van der Waals surface area (Å²) in [4.78, 5) is 12.8. The van der Waals surface area contributed by atoms with E-state index in [0.717, 1.165) is 38.8 Å². The van der Waals surface area contributed by atoms with Crippen LogP contribution in [0.4, 0.5) is 5.69 Å². The number of nitrogens with zero attached hydrogens (tertiary/aromatic N) is 1. The van der Waals surface area contributed by atoms with E-state index < -0.39 is 5.91 Å². The first-order valence-corrected chi connectivity index (χ1v) is 11.2. The molecule has 4 aromatic carbocycles. The lowest BCUT2D eigenvalue weighted by Crippen LogP contribution is -2.13. The molecule has 0 aliphatic heterocycles. The van der Waals surface area contributed by atoms with Crippen LogP contribution in [0.25, 0.3) is 16.8 Å². The number of fused-ring (bicyclic) bond motifs is 1. The molecule has 0 spiro atoms. The Morgan fingerprint density at radius 3 is 2.32 bits per heavy atom. The minimum absolute atomic E-state index is 0.0294. The van der Waals surface area contributed by atoms with Crippen molar-refractivity contribution in [3.05, 3.63) is 112 Å². The zero-order chi connectivity index (χ0) is 24.1. The highest BCUT2D eigenvalue weighted by atomic mass is 35.5. The minimum Gasteiger partial charge on any atom is -0.488 e. The molecule has 4 aromatic rings. The highest BCUT2D eigenvalue weighted by Crippen LogP contribution is 2.27. The predicted molar refractivity (Wildman–Crippen MR) is 138 cm³/mol. The van der Waals surface area contributed by atoms with Gasteiger partial charge in [-0.25, -0.2) is 0 Å². The molecule has 5 heteroatoms. The number of anilines is 1. The molecule has 0 fully saturated rings. The van der Waals surface area contributed by atoms with Crippen molar-refractivity contribution in [1.82, 2.24) is 0 Å². The smallest absolute Gasteiger partial charge is 0.266 e. The third-order valence-corrected chi connectivity index (χ3v) is 5.71. The van der Waals surface area contributed by atoms with Gasteiger partial charge in [0.15, 0.2) is 0 Å². The second-order valence-electron chi connectivity index (χ2n) is 8.08. The van der Waals surface area contributed by atoms with Gasteiger partial charge in [-0.1, -0.05) is 54.1 Å². The monoisotopic (exact) mass is 466 g/mol. The summed E-state index contributed by atoms with van der Waals surface area (Å²) >= 11 is 5.94. The number of carbonyl (C=O) groups is 1. The number of halogens is 1. The van der Waals surface area contributed by atoms with Crippen molar-refractivity contribution < 1.29 is 9.53 Å².